The van der Waals surface area contributed by atoms with Gasteiger partial charge >= 0.3 is 6.09 Å². The number of carbonyl (C=O) groups is 3. The van der Waals surface area contributed by atoms with Crippen LogP contribution in [0, 0.1) is 0 Å². The van der Waals surface area contributed by atoms with Gasteiger partial charge < -0.3 is 54.4 Å². The first-order valence-electron chi connectivity index (χ1n) is 22.7. The van der Waals surface area contributed by atoms with Gasteiger partial charge in [-0.05, 0) is 120 Å². The minimum atomic E-state index is -0.510. The second kappa shape index (κ2) is 27.2. The van der Waals surface area contributed by atoms with E-state index in [2.05, 4.69) is 50.4 Å². The van der Waals surface area contributed by atoms with Crippen LogP contribution in [-0.4, -0.2) is 115 Å². The van der Waals surface area contributed by atoms with Gasteiger partial charge in [0.2, 0.25) is 5.78 Å². The van der Waals surface area contributed by atoms with Crippen molar-refractivity contribution in [3.63, 3.8) is 0 Å². The fraction of sp³-hybridized carbons (Fsp3) is 0.373. The summed E-state index contributed by atoms with van der Waals surface area (Å²) < 4.78 is 38.6. The molecule has 374 valence electrons. The Morgan fingerprint density at radius 1 is 0.829 bits per heavy atom. The Morgan fingerprint density at radius 2 is 1.39 bits per heavy atom. The van der Waals surface area contributed by atoms with Gasteiger partial charge in [-0.15, -0.1) is 0 Å². The van der Waals surface area contributed by atoms with Crippen molar-refractivity contribution in [1.82, 2.24) is 15.2 Å². The van der Waals surface area contributed by atoms with E-state index < -0.39 is 5.60 Å². The number of aromatic nitrogens is 1. The third-order valence-corrected chi connectivity index (χ3v) is 11.3. The minimum Gasteiger partial charge on any atom is -0.492 e. The molecule has 0 atom stereocenters. The van der Waals surface area contributed by atoms with Gasteiger partial charge in [-0.2, -0.15) is 0 Å². The van der Waals surface area contributed by atoms with Crippen LogP contribution in [0.4, 0.5) is 27.1 Å². The number of thiocarbonyl (C=S) groups is 1. The minimum absolute atomic E-state index is 0.0369. The smallest absolute Gasteiger partial charge is 0.410 e. The van der Waals surface area contributed by atoms with Gasteiger partial charge in [0.05, 0.1) is 17.6 Å². The average Bonchev–Trinajstić information content (AvgIpc) is 3.72. The molecule has 1 amide bonds. The van der Waals surface area contributed by atoms with E-state index >= 15 is 0 Å². The Kier molecular flexibility index (Phi) is 21.2. The maximum Gasteiger partial charge on any atom is 0.410 e. The van der Waals surface area contributed by atoms with Gasteiger partial charge in [0.25, 0.3) is 0 Å². The predicted octanol–water partition coefficient (Wildman–Crippen LogP) is 10.3. The Balaban J connectivity index is 0.000000211. The molecule has 3 heterocycles. The van der Waals surface area contributed by atoms with Gasteiger partial charge in [0, 0.05) is 47.0 Å². The van der Waals surface area contributed by atoms with Crippen LogP contribution >= 0.6 is 39.5 Å². The van der Waals surface area contributed by atoms with Crippen molar-refractivity contribution in [1.29, 1.82) is 0 Å². The summed E-state index contributed by atoms with van der Waals surface area (Å²) in [7, 11) is 0. The number of carbonyl (C=O) groups excluding carboxylic acids is 3. The summed E-state index contributed by atoms with van der Waals surface area (Å²) in [6.07, 6.45) is 1.23. The highest BCUT2D eigenvalue weighted by atomic mass is 79.9. The molecule has 1 aromatic heterocycles. The first kappa shape index (κ1) is 54.7. The molecule has 4 N–H and O–H groups in total. The Hall–Kier alpha value is -6.28. The highest BCUT2D eigenvalue weighted by Gasteiger charge is 2.25. The number of aliphatic imine (C=N–C) groups is 1. The van der Waals surface area contributed by atoms with Crippen molar-refractivity contribution in [2.45, 2.75) is 66.2 Å². The van der Waals surface area contributed by atoms with Crippen LogP contribution in [0.1, 0.15) is 74.1 Å². The zero-order valence-electron chi connectivity index (χ0n) is 40.5. The highest BCUT2D eigenvalue weighted by Crippen LogP contribution is 2.35. The molecule has 0 bridgehead atoms. The zero-order chi connectivity index (χ0) is 50.6. The van der Waals surface area contributed by atoms with Crippen LogP contribution < -0.4 is 44.8 Å². The summed E-state index contributed by atoms with van der Waals surface area (Å²) in [5, 5.41) is 8.83. The molecule has 0 spiro atoms. The molecule has 0 aliphatic carbocycles. The SMILES string of the molecule is CC(C)N(CCOc1ccc(N=CC=S)cc1)C(=O)OC(C)(C)C.CC(C)NCCOc1ccc(Nc2nc(N)c(C(=O)c3ccc4c(c3)OCCO4)s2)cc1.O=C(CBr)c1ccc2c(c1)OCCO2. The number of nitrogens with two attached hydrogens (primary N) is 1. The number of halogens is 1. The van der Waals surface area contributed by atoms with Crippen LogP contribution in [0.5, 0.6) is 34.5 Å². The molecular weight excluding hydrogens is 1000 g/mol. The van der Waals surface area contributed by atoms with E-state index in [1.165, 1.54) is 16.7 Å². The summed E-state index contributed by atoms with van der Waals surface area (Å²) in [6.45, 7) is 18.0. The second-order valence-electron chi connectivity index (χ2n) is 17.0. The Labute approximate surface area is 427 Å². The lowest BCUT2D eigenvalue weighted by Gasteiger charge is -2.30. The summed E-state index contributed by atoms with van der Waals surface area (Å²) in [5.74, 6) is 4.10. The van der Waals surface area contributed by atoms with Crippen LogP contribution in [0.2, 0.25) is 0 Å². The van der Waals surface area contributed by atoms with Crippen molar-refractivity contribution in [3.05, 3.63) is 101 Å². The molecule has 0 saturated heterocycles. The molecule has 19 heteroatoms. The fourth-order valence-corrected chi connectivity index (χ4v) is 7.57. The molecular formula is C51H61BrN6O10S2. The fourth-order valence-electron chi connectivity index (χ4n) is 6.32. The normalized spacial score (nSPS) is 12.5. The number of nitrogens with one attached hydrogen (secondary N) is 2. The first-order chi connectivity index (χ1) is 33.5. The summed E-state index contributed by atoms with van der Waals surface area (Å²) >= 11 is 9.03. The van der Waals surface area contributed by atoms with Crippen LogP contribution in [-0.2, 0) is 4.74 Å². The van der Waals surface area contributed by atoms with Crippen molar-refractivity contribution in [3.8, 4) is 34.5 Å². The number of thiazole rings is 1. The van der Waals surface area contributed by atoms with Crippen LogP contribution in [0.25, 0.3) is 0 Å². The summed E-state index contributed by atoms with van der Waals surface area (Å²) in [5.41, 5.74) is 8.28. The summed E-state index contributed by atoms with van der Waals surface area (Å²) in [4.78, 5) is 47.0. The van der Waals surface area contributed by atoms with Crippen molar-refractivity contribution >= 4 is 91.1 Å². The van der Waals surface area contributed by atoms with Crippen molar-refractivity contribution < 1.29 is 47.5 Å². The third-order valence-electron chi connectivity index (χ3n) is 9.65. The van der Waals surface area contributed by atoms with E-state index in [-0.39, 0.29) is 29.5 Å². The summed E-state index contributed by atoms with van der Waals surface area (Å²) in [6, 6.07) is 25.7. The van der Waals surface area contributed by atoms with E-state index in [1.54, 1.807) is 47.5 Å². The maximum atomic E-state index is 13.0. The number of fused-ring (bicyclic) bond motifs is 2. The van der Waals surface area contributed by atoms with E-state index in [1.807, 2.05) is 83.1 Å². The van der Waals surface area contributed by atoms with Crippen LogP contribution in [0.15, 0.2) is 89.9 Å². The lowest BCUT2D eigenvalue weighted by atomic mass is 10.1. The number of amides is 1. The van der Waals surface area contributed by atoms with Gasteiger partial charge in [0.1, 0.15) is 67.4 Å². The van der Waals surface area contributed by atoms with Gasteiger partial charge in [-0.1, -0.05) is 53.3 Å². The molecule has 16 nitrogen and oxygen atoms in total. The molecule has 7 rings (SSSR count). The first-order valence-corrected chi connectivity index (χ1v) is 25.1. The molecule has 70 heavy (non-hydrogen) atoms. The average molecular weight is 1060 g/mol. The van der Waals surface area contributed by atoms with Crippen LogP contribution in [0.3, 0.4) is 0 Å². The van der Waals surface area contributed by atoms with E-state index in [0.29, 0.717) is 102 Å². The number of nitrogens with zero attached hydrogens (tertiary/aromatic N) is 3. The topological polar surface area (TPSA) is 194 Å². The predicted molar refractivity (Wildman–Crippen MR) is 283 cm³/mol. The number of benzene rings is 4. The van der Waals surface area contributed by atoms with Gasteiger partial charge in [-0.3, -0.25) is 14.6 Å². The molecule has 2 aliphatic heterocycles. The maximum absolute atomic E-state index is 13.0. The number of ether oxygens (including phenoxy) is 7. The van der Waals surface area contributed by atoms with Crippen molar-refractivity contribution in [2.24, 2.45) is 4.99 Å². The number of hydrogen-bond donors (Lipinski definition) is 3. The number of nitrogen functional groups attached to an aromatic ring is 1. The van der Waals surface area contributed by atoms with Gasteiger partial charge in [0.15, 0.2) is 33.9 Å². The lowest BCUT2D eigenvalue weighted by Crippen LogP contribution is -2.43. The molecule has 0 unspecified atom stereocenters. The molecule has 0 fully saturated rings. The quantitative estimate of drug-likeness (QED) is 0.0246. The molecule has 2 aliphatic rings. The second-order valence-corrected chi connectivity index (χ2v) is 18.8. The standard InChI is InChI=1S/C23H26N4O4S.C18H26N2O3S.C10H9BrO3/c1-14(2)25-9-10-29-17-6-4-16(5-7-17)26-23-27-22(24)21(32-23)20(28)15-3-8-18-19(13-15)31-12-11-30-18;1-14(2)20(17(21)23-18(3,4)5)11-12-22-16-8-6-15(7-9-16)19-10-13-24;11-6-8(12)7-1-2-9-10(5-7)14-4-3-13-9/h3-8,13-14,25H,9-12,24H2,1-2H3,(H,26,27);6-10,13-14H,11-12H2,1-5H3;1-2,5H,3-4,6H2. The number of alkyl halides is 1. The Morgan fingerprint density at radius 3 is 1.94 bits per heavy atom. The van der Waals surface area contributed by atoms with E-state index in [4.69, 9.17) is 51.1 Å². The number of hydrogen-bond acceptors (Lipinski definition) is 17. The largest absolute Gasteiger partial charge is 0.492 e. The molecule has 0 saturated carbocycles. The highest BCUT2D eigenvalue weighted by molar-refractivity contribution is 9.09. The third kappa shape index (κ3) is 17.6. The van der Waals surface area contributed by atoms with Crippen molar-refractivity contribution in [2.75, 3.05) is 69.1 Å². The van der Waals surface area contributed by atoms with Gasteiger partial charge in [-0.25, -0.2) is 9.78 Å². The number of rotatable bonds is 18. The zero-order valence-corrected chi connectivity index (χ0v) is 43.7. The van der Waals surface area contributed by atoms with E-state index in [0.717, 1.165) is 29.4 Å². The Bertz CT molecular complexity index is 2530. The molecule has 4 aromatic carbocycles. The lowest BCUT2D eigenvalue weighted by molar-refractivity contribution is 0.0164. The number of Topliss-reactive ketones (excluding diaryl/α,β-unsaturated/α-hetero) is 1. The van der Waals surface area contributed by atoms with E-state index in [9.17, 15) is 14.4 Å². The molecule has 0 radical (unpaired) electrons. The monoisotopic (exact) mass is 1060 g/mol. The number of ketones is 2. The molecule has 5 aromatic rings. The number of anilines is 3.